The third-order valence-corrected chi connectivity index (χ3v) is 3.25. The minimum absolute atomic E-state index is 0.0569. The highest BCUT2D eigenvalue weighted by Crippen LogP contribution is 2.25. The maximum atomic E-state index is 12.5. The van der Waals surface area contributed by atoms with Gasteiger partial charge in [-0.25, -0.2) is 8.78 Å². The Morgan fingerprint density at radius 3 is 2.33 bits per heavy atom. The van der Waals surface area contributed by atoms with Crippen LogP contribution in [-0.4, -0.2) is 7.11 Å². The molecule has 1 nitrogen and oxygen atoms in total. The predicted molar refractivity (Wildman–Crippen MR) is 69.5 cm³/mol. The number of methoxy groups -OCH3 is 1. The quantitative estimate of drug-likeness (QED) is 0.740. The van der Waals surface area contributed by atoms with Gasteiger partial charge in [-0.2, -0.15) is 0 Å². The lowest BCUT2D eigenvalue weighted by molar-refractivity contribution is 0.360. The monoisotopic (exact) mass is 255 g/mol. The van der Waals surface area contributed by atoms with Gasteiger partial charge in [-0.05, 0) is 18.1 Å². The number of halogens is 2. The molecule has 0 spiro atoms. The van der Waals surface area contributed by atoms with Crippen LogP contribution in [0.3, 0.4) is 0 Å². The van der Waals surface area contributed by atoms with Crippen molar-refractivity contribution in [2.45, 2.75) is 38.5 Å². The molecule has 1 radical (unpaired) electrons. The second-order valence-electron chi connectivity index (χ2n) is 4.57. The van der Waals surface area contributed by atoms with Crippen LogP contribution in [0.4, 0.5) is 8.78 Å². The molecule has 1 aliphatic rings. The summed E-state index contributed by atoms with van der Waals surface area (Å²) < 4.78 is 29.2. The fourth-order valence-electron chi connectivity index (χ4n) is 2.12. The Bertz CT molecular complexity index is 346. The maximum absolute atomic E-state index is 12.5. The first kappa shape index (κ1) is 14.9. The van der Waals surface area contributed by atoms with Gasteiger partial charge in [-0.15, -0.1) is 0 Å². The molecule has 0 saturated heterocycles. The molecule has 1 saturated carbocycles. The summed E-state index contributed by atoms with van der Waals surface area (Å²) in [7, 11) is 1.33. The first-order valence-electron chi connectivity index (χ1n) is 6.45. The molecular formula is C15H21F2O. The summed E-state index contributed by atoms with van der Waals surface area (Å²) >= 11 is 0. The van der Waals surface area contributed by atoms with Crippen molar-refractivity contribution in [1.29, 1.82) is 0 Å². The average Bonchev–Trinajstić information content (AvgIpc) is 2.40. The first-order valence-corrected chi connectivity index (χ1v) is 6.45. The number of hydrogen-bond donors (Lipinski definition) is 0. The van der Waals surface area contributed by atoms with Gasteiger partial charge in [0.05, 0.1) is 7.11 Å². The molecule has 0 amide bonds. The normalized spacial score (nSPS) is 15.8. The molecule has 3 heteroatoms. The maximum Gasteiger partial charge on any atom is 0.167 e. The zero-order chi connectivity index (χ0) is 13.4. The molecule has 1 aliphatic carbocycles. The Balaban J connectivity index is 0.000000184. The summed E-state index contributed by atoms with van der Waals surface area (Å²) in [6.07, 6.45) is 8.45. The fourth-order valence-corrected chi connectivity index (χ4v) is 2.12. The van der Waals surface area contributed by atoms with E-state index in [2.05, 4.69) is 11.7 Å². The average molecular weight is 255 g/mol. The molecular weight excluding hydrogens is 234 g/mol. The summed E-state index contributed by atoms with van der Waals surface area (Å²) in [4.78, 5) is 0. The highest BCUT2D eigenvalue weighted by molar-refractivity contribution is 5.24. The second kappa shape index (κ2) is 8.06. The molecule has 0 unspecified atom stereocenters. The van der Waals surface area contributed by atoms with Crippen LogP contribution in [0.15, 0.2) is 18.2 Å². The van der Waals surface area contributed by atoms with E-state index in [0.717, 1.165) is 18.1 Å². The number of hydrogen-bond acceptors (Lipinski definition) is 1. The van der Waals surface area contributed by atoms with Gasteiger partial charge >= 0.3 is 0 Å². The van der Waals surface area contributed by atoms with Gasteiger partial charge < -0.3 is 4.74 Å². The molecule has 0 N–H and O–H groups in total. The number of ether oxygens (including phenoxy) is 1. The molecule has 1 fully saturated rings. The highest BCUT2D eigenvalue weighted by atomic mass is 19.1. The Labute approximate surface area is 108 Å². The lowest BCUT2D eigenvalue weighted by Crippen LogP contribution is -2.03. The molecule has 101 valence electrons. The Hall–Kier alpha value is -1.12. The van der Waals surface area contributed by atoms with Gasteiger partial charge in [-0.3, -0.25) is 0 Å². The van der Waals surface area contributed by atoms with Crippen molar-refractivity contribution in [3.05, 3.63) is 36.8 Å². The van der Waals surface area contributed by atoms with Crippen LogP contribution in [0.1, 0.15) is 38.5 Å². The van der Waals surface area contributed by atoms with Gasteiger partial charge in [0.1, 0.15) is 5.82 Å². The third-order valence-electron chi connectivity index (χ3n) is 3.25. The Kier molecular flexibility index (Phi) is 6.69. The van der Waals surface area contributed by atoms with E-state index in [4.69, 9.17) is 0 Å². The smallest absolute Gasteiger partial charge is 0.167 e. The van der Waals surface area contributed by atoms with Crippen LogP contribution < -0.4 is 4.74 Å². The molecule has 1 aromatic carbocycles. The second-order valence-corrected chi connectivity index (χ2v) is 4.57. The van der Waals surface area contributed by atoms with Crippen molar-refractivity contribution in [2.24, 2.45) is 5.92 Å². The fraction of sp³-hybridized carbons (Fsp3) is 0.533. The van der Waals surface area contributed by atoms with Crippen LogP contribution in [0.2, 0.25) is 0 Å². The molecule has 0 bridgehead atoms. The van der Waals surface area contributed by atoms with E-state index in [0.29, 0.717) is 0 Å². The van der Waals surface area contributed by atoms with Crippen molar-refractivity contribution in [3.63, 3.8) is 0 Å². The van der Waals surface area contributed by atoms with Crippen LogP contribution in [0.25, 0.3) is 0 Å². The van der Waals surface area contributed by atoms with E-state index in [1.165, 1.54) is 51.7 Å². The zero-order valence-corrected chi connectivity index (χ0v) is 10.9. The summed E-state index contributed by atoms with van der Waals surface area (Å²) in [5, 5.41) is 0. The van der Waals surface area contributed by atoms with Gasteiger partial charge in [0.25, 0.3) is 0 Å². The lowest BCUT2D eigenvalue weighted by Gasteiger charge is -2.18. The van der Waals surface area contributed by atoms with Crippen molar-refractivity contribution in [3.8, 4) is 5.75 Å². The third kappa shape index (κ3) is 5.03. The summed E-state index contributed by atoms with van der Waals surface area (Å²) in [5.74, 6) is -0.244. The van der Waals surface area contributed by atoms with E-state index in [1.807, 2.05) is 0 Å². The molecule has 0 heterocycles. The molecule has 0 atom stereocenters. The largest absolute Gasteiger partial charge is 0.494 e. The van der Waals surface area contributed by atoms with Gasteiger partial charge in [0, 0.05) is 6.07 Å². The number of benzene rings is 1. The van der Waals surface area contributed by atoms with E-state index in [1.54, 1.807) is 0 Å². The lowest BCUT2D eigenvalue weighted by atomic mass is 9.88. The van der Waals surface area contributed by atoms with Crippen LogP contribution in [0.5, 0.6) is 5.75 Å². The zero-order valence-electron chi connectivity index (χ0n) is 10.9. The molecule has 0 aliphatic heterocycles. The highest BCUT2D eigenvalue weighted by Gasteiger charge is 2.09. The summed E-state index contributed by atoms with van der Waals surface area (Å²) in [6.45, 7) is 3.91. The Morgan fingerprint density at radius 1 is 1.22 bits per heavy atom. The van der Waals surface area contributed by atoms with Crippen molar-refractivity contribution in [2.75, 3.05) is 7.11 Å². The minimum Gasteiger partial charge on any atom is -0.494 e. The minimum atomic E-state index is -0.678. The summed E-state index contributed by atoms with van der Waals surface area (Å²) in [6, 6.07) is 3.16. The molecule has 2 rings (SSSR count). The van der Waals surface area contributed by atoms with E-state index < -0.39 is 11.6 Å². The summed E-state index contributed by atoms with van der Waals surface area (Å²) in [5.41, 5.74) is 0. The molecule has 1 aromatic rings. The van der Waals surface area contributed by atoms with Crippen molar-refractivity contribution < 1.29 is 13.5 Å². The topological polar surface area (TPSA) is 9.23 Å². The Morgan fingerprint density at radius 2 is 1.89 bits per heavy atom. The SMILES string of the molecule is COc1ccc(F)cc1F.[CH2]CC1CCCCC1. The van der Waals surface area contributed by atoms with Crippen molar-refractivity contribution >= 4 is 0 Å². The van der Waals surface area contributed by atoms with E-state index in [-0.39, 0.29) is 5.75 Å². The molecule has 0 aromatic heterocycles. The van der Waals surface area contributed by atoms with Crippen molar-refractivity contribution in [1.82, 2.24) is 0 Å². The van der Waals surface area contributed by atoms with Gasteiger partial charge in [0.15, 0.2) is 11.6 Å². The van der Waals surface area contributed by atoms with Crippen LogP contribution in [-0.2, 0) is 0 Å². The van der Waals surface area contributed by atoms with E-state index in [9.17, 15) is 8.78 Å². The molecule has 18 heavy (non-hydrogen) atoms. The number of rotatable bonds is 2. The van der Waals surface area contributed by atoms with Crippen LogP contribution >= 0.6 is 0 Å². The van der Waals surface area contributed by atoms with Gasteiger partial charge in [-0.1, -0.05) is 45.4 Å². The van der Waals surface area contributed by atoms with Gasteiger partial charge in [0.2, 0.25) is 0 Å². The standard InChI is InChI=1S/C8H15.C7H6F2O/c1-2-8-6-4-3-5-7-8;1-10-7-3-2-5(8)4-6(7)9/h8H,1-7H2;2-4H,1H3. The first-order chi connectivity index (χ1) is 8.67. The predicted octanol–water partition coefficient (Wildman–Crippen LogP) is 4.76. The van der Waals surface area contributed by atoms with Crippen LogP contribution in [0, 0.1) is 24.5 Å². The van der Waals surface area contributed by atoms with E-state index >= 15 is 0 Å².